The second-order valence-corrected chi connectivity index (χ2v) is 33.3. The lowest BCUT2D eigenvalue weighted by molar-refractivity contribution is -0.0559. The normalized spacial score (nSPS) is 15.1. The Morgan fingerprint density at radius 2 is 0.565 bits per heavy atom. The molecule has 0 radical (unpaired) electrons. The van der Waals surface area contributed by atoms with Crippen LogP contribution in [0.3, 0.4) is 0 Å². The molecular weight excluding hydrogens is 1280 g/mol. The van der Waals surface area contributed by atoms with Crippen LogP contribution < -0.4 is 37.6 Å². The molecule has 0 saturated heterocycles. The second kappa shape index (κ2) is 55.3. The first-order chi connectivity index (χ1) is 42.9. The zero-order valence-electron chi connectivity index (χ0n) is 56.2. The van der Waals surface area contributed by atoms with Crippen LogP contribution in [0.1, 0.15) is 67.2 Å². The molecule has 34 nitrogen and oxygen atoms in total. The summed E-state index contributed by atoms with van der Waals surface area (Å²) in [7, 11) is -16.5. The average Bonchev–Trinajstić information content (AvgIpc) is 2.37. The number of aliphatic hydroxyl groups excluding tert-OH is 6. The number of aliphatic hydroxyl groups is 6. The largest absolute Gasteiger partial charge is 0.492 e. The van der Waals surface area contributed by atoms with Crippen LogP contribution in [0.5, 0.6) is 0 Å². The van der Waals surface area contributed by atoms with Crippen molar-refractivity contribution in [1.29, 1.82) is 0 Å². The molecule has 0 aromatic carbocycles. The Balaban J connectivity index is 0. The summed E-state index contributed by atoms with van der Waals surface area (Å²) in [6.45, 7) is 25.3. The highest BCUT2D eigenvalue weighted by Crippen LogP contribution is 2.10. The van der Waals surface area contributed by atoms with Crippen molar-refractivity contribution in [1.82, 2.24) is 46.6 Å². The van der Waals surface area contributed by atoms with Crippen molar-refractivity contribution in [3.63, 3.8) is 0 Å². The molecule has 0 aromatic rings. The van der Waals surface area contributed by atoms with Gasteiger partial charge in [-0.05, 0) is 67.2 Å². The fourth-order valence-corrected chi connectivity index (χ4v) is 10.8. The molecule has 6 unspecified atom stereocenters. The molecule has 0 aromatic heterocycles. The van der Waals surface area contributed by atoms with Gasteiger partial charge in [-0.25, -0.2) is 0 Å². The van der Waals surface area contributed by atoms with E-state index >= 15 is 0 Å². The van der Waals surface area contributed by atoms with Gasteiger partial charge in [-0.2, -0.15) is 0 Å². The Bertz CT molecular complexity index is 1590. The lowest BCUT2D eigenvalue weighted by atomic mass is 10.2. The first-order valence-electron chi connectivity index (χ1n) is 32.3. The van der Waals surface area contributed by atoms with Crippen molar-refractivity contribution in [3.8, 4) is 0 Å². The molecule has 0 rings (SSSR count). The van der Waals surface area contributed by atoms with Gasteiger partial charge < -0.3 is 154 Å². The third-order valence-electron chi connectivity index (χ3n) is 12.8. The Morgan fingerprint density at radius 3 is 0.859 bits per heavy atom. The Labute approximate surface area is 551 Å². The van der Waals surface area contributed by atoms with Crippen molar-refractivity contribution in [3.05, 3.63) is 0 Å². The number of hydrogen-bond acceptors (Lipinski definition) is 34. The number of ether oxygens (including phenoxy) is 6. The fraction of sp³-hybridized carbons (Fsp3) is 1.00. The lowest BCUT2D eigenvalue weighted by Gasteiger charge is -2.29. The van der Waals surface area contributed by atoms with Crippen LogP contribution in [0.2, 0.25) is 24.2 Å². The summed E-state index contributed by atoms with van der Waals surface area (Å²) < 4.78 is 32.9. The highest BCUT2D eigenvalue weighted by molar-refractivity contribution is 6.57. The number of rotatable bonds is 63. The topological polar surface area (TPSA) is 527 Å². The molecule has 92 heavy (non-hydrogen) atoms. The summed E-state index contributed by atoms with van der Waals surface area (Å²) in [5.74, 6) is 0. The molecule has 6 atom stereocenters. The van der Waals surface area contributed by atoms with Gasteiger partial charge in [0.2, 0.25) is 0 Å². The average molecular weight is 1420 g/mol. The molecule has 0 heterocycles. The molecule has 0 amide bonds. The zero-order valence-corrected chi connectivity index (χ0v) is 60.2. The minimum Gasteiger partial charge on any atom is -0.390 e. The van der Waals surface area contributed by atoms with Crippen LogP contribution in [0.4, 0.5) is 0 Å². The molecule has 0 spiro atoms. The van der Waals surface area contributed by atoms with E-state index in [0.29, 0.717) is 72.1 Å². The van der Waals surface area contributed by atoms with Crippen LogP contribution in [0, 0.1) is 0 Å². The summed E-state index contributed by atoms with van der Waals surface area (Å²) in [6, 6.07) is -0.601. The number of nitrogens with zero attached hydrogens (tertiary/aromatic N) is 3. The molecule has 0 aliphatic rings. The van der Waals surface area contributed by atoms with E-state index in [4.69, 9.17) is 91.7 Å². The van der Waals surface area contributed by atoms with Crippen LogP contribution in [0.25, 0.3) is 0 Å². The lowest BCUT2D eigenvalue weighted by Crippen LogP contribution is -2.45. The van der Waals surface area contributed by atoms with E-state index in [2.05, 4.69) is 36.8 Å². The molecule has 0 aliphatic heterocycles. The van der Waals surface area contributed by atoms with Gasteiger partial charge in [0.15, 0.2) is 0 Å². The van der Waals surface area contributed by atoms with Crippen molar-refractivity contribution >= 4 is 35.2 Å². The molecule has 556 valence electrons. The predicted octanol–water partition coefficient (Wildman–Crippen LogP) is -9.54. The van der Waals surface area contributed by atoms with Crippen LogP contribution in [-0.2, 0) is 28.4 Å². The first-order valence-corrected chi connectivity index (χ1v) is 40.5. The van der Waals surface area contributed by atoms with E-state index in [0.717, 1.165) is 52.4 Å². The summed E-state index contributed by atoms with van der Waals surface area (Å²) in [5.41, 5.74) is 4.96. The van der Waals surface area contributed by atoms with E-state index in [1.165, 1.54) is 0 Å². The maximum atomic E-state index is 10.5. The third-order valence-corrected chi connectivity index (χ3v) is 16.9. The van der Waals surface area contributed by atoms with E-state index in [-0.39, 0.29) is 147 Å². The van der Waals surface area contributed by atoms with E-state index in [1.807, 2.05) is 51.3 Å². The zero-order chi connectivity index (χ0) is 70.0. The van der Waals surface area contributed by atoms with Gasteiger partial charge in [0, 0.05) is 195 Å². The summed E-state index contributed by atoms with van der Waals surface area (Å²) in [5, 5.41) is 82.2. The molecule has 0 aliphatic carbocycles. The Hall–Kier alpha value is -0.492. The van der Waals surface area contributed by atoms with Gasteiger partial charge in [0.05, 0.1) is 87.5 Å². The highest BCUT2D eigenvalue weighted by Gasteiger charge is 2.29. The molecular formula is C54H130N10O24Si4. The monoisotopic (exact) mass is 1410 g/mol. The SMILES string of the molecule is CC(C)(C)OCC(O)CN(CCNCCN)CCNCCN(CC(O)COCCC[Si](O)(O)O)CC(O)COCCC[Si](O)(O)O.CC(C)(C)OCC(O)CNCCNCCNCCNCCN(CC(O)COCCC[Si](O)(O)O)CC(O)COCCC[Si](O)(O)O. The van der Waals surface area contributed by atoms with Crippen molar-refractivity contribution in [2.75, 3.05) is 210 Å². The summed E-state index contributed by atoms with van der Waals surface area (Å²) >= 11 is 0. The molecule has 0 bridgehead atoms. The highest BCUT2D eigenvalue weighted by atomic mass is 28.4. The fourth-order valence-electron chi connectivity index (χ4n) is 8.31. The van der Waals surface area contributed by atoms with E-state index in [9.17, 15) is 30.6 Å². The minimum absolute atomic E-state index is 0.00482. The predicted molar refractivity (Wildman–Crippen MR) is 354 cm³/mol. The van der Waals surface area contributed by atoms with Gasteiger partial charge in [-0.1, -0.05) is 0 Å². The van der Waals surface area contributed by atoms with Crippen LogP contribution >= 0.6 is 0 Å². The second-order valence-electron chi connectivity index (χ2n) is 25.1. The minimum atomic E-state index is -4.12. The van der Waals surface area contributed by atoms with Gasteiger partial charge in [0.1, 0.15) is 0 Å². The van der Waals surface area contributed by atoms with E-state index in [1.54, 1.807) is 0 Å². The molecule has 38 heteroatoms. The third kappa shape index (κ3) is 73.7. The van der Waals surface area contributed by atoms with Crippen molar-refractivity contribution in [2.24, 2.45) is 5.73 Å². The van der Waals surface area contributed by atoms with Crippen LogP contribution in [-0.4, -0.2) is 396 Å². The maximum Gasteiger partial charge on any atom is 0.492 e. The molecule has 0 fully saturated rings. The Kier molecular flexibility index (Phi) is 56.2. The number of nitrogens with two attached hydrogens (primary N) is 1. The van der Waals surface area contributed by atoms with Crippen LogP contribution in [0.15, 0.2) is 0 Å². The summed E-state index contributed by atoms with van der Waals surface area (Å²) in [4.78, 5) is 115. The van der Waals surface area contributed by atoms with Gasteiger partial charge >= 0.3 is 35.2 Å². The molecule has 0 saturated carbocycles. The van der Waals surface area contributed by atoms with Crippen molar-refractivity contribution in [2.45, 2.75) is 139 Å². The molecule has 26 N–H and O–H groups in total. The number of nitrogens with one attached hydrogen (secondary N) is 6. The van der Waals surface area contributed by atoms with E-state index < -0.39 is 71.8 Å². The standard InChI is InChI=1S/2C27H65N5O12Si2/c1-27(2,3)44-23-26(35)18-31(11-8-29-7-6-28)12-9-30-10-13-32(19-24(33)21-42-14-4-16-45(36,37)38)20-25(34)22-43-15-5-17-46(39,40)41;1-27(2,3)44-23-24(33)18-31-11-10-29-7-6-28-8-9-30-12-13-32(19-25(34)21-42-14-4-16-45(36,37)38)20-26(35)22-43-15-5-17-46(39,40)41/h24-26,29-30,33-41H,4-23,28H2,1-3H3;24-26,28-31,33-41H,4-23H2,1-3H3. The Morgan fingerprint density at radius 1 is 0.326 bits per heavy atom. The van der Waals surface area contributed by atoms with Gasteiger partial charge in [0.25, 0.3) is 0 Å². The number of hydrogen-bond donors (Lipinski definition) is 25. The maximum absolute atomic E-state index is 10.5. The summed E-state index contributed by atoms with van der Waals surface area (Å²) in [6.07, 6.45) is -3.71. The van der Waals surface area contributed by atoms with Gasteiger partial charge in [-0.15, -0.1) is 0 Å². The van der Waals surface area contributed by atoms with Gasteiger partial charge in [-0.3, -0.25) is 14.7 Å². The smallest absolute Gasteiger partial charge is 0.390 e. The first kappa shape index (κ1) is 93.6. The quantitative estimate of drug-likeness (QED) is 0.0199. The van der Waals surface area contributed by atoms with Crippen molar-refractivity contribution < 1.29 is 117 Å².